The maximum atomic E-state index is 12.8. The molecule has 0 atom stereocenters. The number of halogens is 2. The summed E-state index contributed by atoms with van der Waals surface area (Å²) in [5.41, 5.74) is -0.527. The molecule has 0 aromatic carbocycles. The number of hydrogen-bond acceptors (Lipinski definition) is 5. The first-order chi connectivity index (χ1) is 12.6. The predicted octanol–water partition coefficient (Wildman–Crippen LogP) is 4.97. The summed E-state index contributed by atoms with van der Waals surface area (Å²) in [6.07, 6.45) is 1.42. The number of rotatable bonds is 4. The lowest BCUT2D eigenvalue weighted by atomic mass is 9.76. The van der Waals surface area contributed by atoms with Crippen LogP contribution in [0.1, 0.15) is 52.7 Å². The number of likely N-dealkylation sites (tertiary alicyclic amines) is 1. The lowest BCUT2D eigenvalue weighted by Gasteiger charge is -2.39. The highest BCUT2D eigenvalue weighted by Crippen LogP contribution is 2.37. The third-order valence-corrected chi connectivity index (χ3v) is 5.85. The van der Waals surface area contributed by atoms with Gasteiger partial charge in [-0.1, -0.05) is 18.5 Å². The van der Waals surface area contributed by atoms with E-state index in [1.54, 1.807) is 17.0 Å². The van der Waals surface area contributed by atoms with Gasteiger partial charge >= 0.3 is 12.1 Å². The fourth-order valence-corrected chi connectivity index (χ4v) is 3.37. The van der Waals surface area contributed by atoms with Crippen molar-refractivity contribution < 1.29 is 19.1 Å². The summed E-state index contributed by atoms with van der Waals surface area (Å²) in [4.78, 5) is 30.8. The molecule has 1 aromatic heterocycles. The monoisotopic (exact) mass is 460 g/mol. The molecule has 1 aliphatic heterocycles. The first-order valence-corrected chi connectivity index (χ1v) is 10.2. The third kappa shape index (κ3) is 5.82. The van der Waals surface area contributed by atoms with Crippen LogP contribution in [0.2, 0.25) is 5.15 Å². The topological polar surface area (TPSA) is 68.7 Å². The van der Waals surface area contributed by atoms with Crippen LogP contribution in [-0.2, 0) is 20.9 Å². The van der Waals surface area contributed by atoms with Crippen LogP contribution in [0.3, 0.4) is 0 Å². The Morgan fingerprint density at radius 1 is 1.30 bits per heavy atom. The van der Waals surface area contributed by atoms with Gasteiger partial charge in [-0.25, -0.2) is 9.78 Å². The molecule has 2 rings (SSSR count). The molecule has 1 aromatic rings. The first kappa shape index (κ1) is 22.0. The van der Waals surface area contributed by atoms with E-state index < -0.39 is 11.0 Å². The highest BCUT2D eigenvalue weighted by molar-refractivity contribution is 9.10. The first-order valence-electron chi connectivity index (χ1n) is 9.02. The van der Waals surface area contributed by atoms with Crippen LogP contribution in [0.5, 0.6) is 0 Å². The Balaban J connectivity index is 1.94. The minimum absolute atomic E-state index is 0.0728. The number of nitrogens with zero attached hydrogens (tertiary/aromatic N) is 2. The Kier molecular flexibility index (Phi) is 7.14. The molecule has 2 heterocycles. The summed E-state index contributed by atoms with van der Waals surface area (Å²) >= 11 is 9.26. The van der Waals surface area contributed by atoms with Crippen LogP contribution in [0.15, 0.2) is 16.6 Å². The quantitative estimate of drug-likeness (QED) is 0.468. The molecule has 0 spiro atoms. The number of carbonyl (C=O) groups is 2. The van der Waals surface area contributed by atoms with Crippen molar-refractivity contribution in [2.45, 2.75) is 59.2 Å². The van der Waals surface area contributed by atoms with Crippen molar-refractivity contribution >= 4 is 39.6 Å². The highest BCUT2D eigenvalue weighted by atomic mass is 79.9. The van der Waals surface area contributed by atoms with Gasteiger partial charge in [0.05, 0.1) is 15.6 Å². The van der Waals surface area contributed by atoms with E-state index >= 15 is 0 Å². The van der Waals surface area contributed by atoms with Gasteiger partial charge in [0.1, 0.15) is 17.4 Å². The second kappa shape index (κ2) is 8.78. The molecule has 0 radical (unpaired) electrons. The maximum absolute atomic E-state index is 12.8. The standard InChI is InChI=1S/C19H26BrClN2O4/c1-5-19(8-10-23(11-9-19)17(25)27-18(2,3)4)16(24)26-12-13-6-7-14(20)15(21)22-13/h6-7H,5,8-12H2,1-4H3. The summed E-state index contributed by atoms with van der Waals surface area (Å²) in [6, 6.07) is 3.53. The number of carbonyl (C=O) groups excluding carboxylic acids is 2. The van der Waals surface area contributed by atoms with Crippen LogP contribution < -0.4 is 0 Å². The second-order valence-corrected chi connectivity index (χ2v) is 8.96. The molecule has 1 saturated heterocycles. The van der Waals surface area contributed by atoms with E-state index in [4.69, 9.17) is 21.1 Å². The van der Waals surface area contributed by atoms with E-state index in [9.17, 15) is 9.59 Å². The molecule has 0 saturated carbocycles. The predicted molar refractivity (Wildman–Crippen MR) is 107 cm³/mol. The maximum Gasteiger partial charge on any atom is 0.410 e. The summed E-state index contributed by atoms with van der Waals surface area (Å²) < 4.78 is 11.6. The Morgan fingerprint density at radius 3 is 2.44 bits per heavy atom. The lowest BCUT2D eigenvalue weighted by Crippen LogP contribution is -2.48. The van der Waals surface area contributed by atoms with Crippen LogP contribution >= 0.6 is 27.5 Å². The third-order valence-electron chi connectivity index (χ3n) is 4.69. The highest BCUT2D eigenvalue weighted by Gasteiger charge is 2.42. The zero-order valence-corrected chi connectivity index (χ0v) is 18.5. The number of aromatic nitrogens is 1. The zero-order valence-electron chi connectivity index (χ0n) is 16.2. The van der Waals surface area contributed by atoms with E-state index in [1.165, 1.54) is 0 Å². The largest absolute Gasteiger partial charge is 0.459 e. The summed E-state index contributed by atoms with van der Waals surface area (Å²) in [7, 11) is 0. The normalized spacial score (nSPS) is 16.7. The van der Waals surface area contributed by atoms with E-state index in [2.05, 4.69) is 20.9 Å². The number of amides is 1. The number of esters is 1. The van der Waals surface area contributed by atoms with E-state index in [0.29, 0.717) is 47.7 Å². The van der Waals surface area contributed by atoms with Crippen molar-refractivity contribution in [2.24, 2.45) is 5.41 Å². The molecular weight excluding hydrogens is 436 g/mol. The summed E-state index contributed by atoms with van der Waals surface area (Å²) in [5, 5.41) is 0.333. The van der Waals surface area contributed by atoms with Crippen LogP contribution in [0.4, 0.5) is 4.79 Å². The molecule has 1 aliphatic rings. The zero-order chi connectivity index (χ0) is 20.2. The number of hydrogen-bond donors (Lipinski definition) is 0. The van der Waals surface area contributed by atoms with E-state index in [1.807, 2.05) is 27.7 Å². The Labute approximate surface area is 173 Å². The molecule has 1 fully saturated rings. The number of piperidine rings is 1. The van der Waals surface area contributed by atoms with Gasteiger partial charge in [0.2, 0.25) is 0 Å². The molecule has 150 valence electrons. The fourth-order valence-electron chi connectivity index (χ4n) is 2.97. The van der Waals surface area contributed by atoms with Crippen molar-refractivity contribution in [3.8, 4) is 0 Å². The van der Waals surface area contributed by atoms with E-state index in [0.717, 1.165) is 0 Å². The average Bonchev–Trinajstić information content (AvgIpc) is 2.61. The Morgan fingerprint density at radius 2 is 1.93 bits per heavy atom. The second-order valence-electron chi connectivity index (χ2n) is 7.75. The van der Waals surface area contributed by atoms with Crippen LogP contribution in [0.25, 0.3) is 0 Å². The SMILES string of the molecule is CCC1(C(=O)OCc2ccc(Br)c(Cl)n2)CCN(C(=O)OC(C)(C)C)CC1. The van der Waals surface area contributed by atoms with Crippen molar-refractivity contribution in [2.75, 3.05) is 13.1 Å². The molecule has 0 N–H and O–H groups in total. The summed E-state index contributed by atoms with van der Waals surface area (Å²) in [6.45, 7) is 8.50. The van der Waals surface area contributed by atoms with Gasteiger partial charge in [-0.3, -0.25) is 4.79 Å². The number of pyridine rings is 1. The van der Waals surface area contributed by atoms with Gasteiger partial charge < -0.3 is 14.4 Å². The molecule has 1 amide bonds. The fraction of sp³-hybridized carbons (Fsp3) is 0.632. The van der Waals surface area contributed by atoms with Crippen molar-refractivity contribution in [3.63, 3.8) is 0 Å². The summed E-state index contributed by atoms with van der Waals surface area (Å²) in [5.74, 6) is -0.255. The van der Waals surface area contributed by atoms with Gasteiger partial charge in [0.25, 0.3) is 0 Å². The van der Waals surface area contributed by atoms with Gasteiger partial charge in [-0.2, -0.15) is 0 Å². The molecular formula is C19H26BrClN2O4. The van der Waals surface area contributed by atoms with E-state index in [-0.39, 0.29) is 18.7 Å². The Bertz CT molecular complexity index is 697. The lowest BCUT2D eigenvalue weighted by molar-refractivity contribution is -0.161. The molecule has 6 nitrogen and oxygen atoms in total. The van der Waals surface area contributed by atoms with Gasteiger partial charge in [-0.05, 0) is 68.1 Å². The van der Waals surface area contributed by atoms with Crippen LogP contribution in [0, 0.1) is 5.41 Å². The number of ether oxygens (including phenoxy) is 2. The molecule has 0 unspecified atom stereocenters. The van der Waals surface area contributed by atoms with Gasteiger partial charge in [-0.15, -0.1) is 0 Å². The van der Waals surface area contributed by atoms with Crippen molar-refractivity contribution in [1.29, 1.82) is 0 Å². The molecule has 0 aliphatic carbocycles. The molecule has 0 bridgehead atoms. The minimum Gasteiger partial charge on any atom is -0.459 e. The molecule has 8 heteroatoms. The Hall–Kier alpha value is -1.34. The van der Waals surface area contributed by atoms with Crippen LogP contribution in [-0.4, -0.2) is 40.6 Å². The van der Waals surface area contributed by atoms with Gasteiger partial charge in [0, 0.05) is 13.1 Å². The smallest absolute Gasteiger partial charge is 0.410 e. The minimum atomic E-state index is -0.586. The molecule has 27 heavy (non-hydrogen) atoms. The average molecular weight is 462 g/mol. The van der Waals surface area contributed by atoms with Crippen molar-refractivity contribution in [3.05, 3.63) is 27.5 Å². The van der Waals surface area contributed by atoms with Gasteiger partial charge in [0.15, 0.2) is 0 Å². The van der Waals surface area contributed by atoms with Crippen molar-refractivity contribution in [1.82, 2.24) is 9.88 Å².